The van der Waals surface area contributed by atoms with E-state index in [1.807, 2.05) is 23.5 Å². The monoisotopic (exact) mass is 371 g/mol. The maximum Gasteiger partial charge on any atom is 0.0686 e. The Bertz CT molecular complexity index is 567. The van der Waals surface area contributed by atoms with Crippen LogP contribution in [0.3, 0.4) is 0 Å². The van der Waals surface area contributed by atoms with Gasteiger partial charge in [0, 0.05) is 14.2 Å². The number of hydrogen-bond acceptors (Lipinski definition) is 2. The summed E-state index contributed by atoms with van der Waals surface area (Å²) in [5.41, 5.74) is 1.14. The lowest BCUT2D eigenvalue weighted by Gasteiger charge is -2.19. The van der Waals surface area contributed by atoms with E-state index in [-0.39, 0.29) is 6.04 Å². The van der Waals surface area contributed by atoms with Crippen LogP contribution in [0.1, 0.15) is 41.6 Å². The normalized spacial score (nSPS) is 12.6. The minimum Gasteiger partial charge on any atom is -0.306 e. The molecule has 108 valence electrons. The highest BCUT2D eigenvalue weighted by molar-refractivity contribution is 9.10. The molecule has 1 aromatic heterocycles. The molecule has 0 fully saturated rings. The van der Waals surface area contributed by atoms with Crippen LogP contribution in [0.2, 0.25) is 5.02 Å². The van der Waals surface area contributed by atoms with Gasteiger partial charge >= 0.3 is 0 Å². The van der Waals surface area contributed by atoms with Gasteiger partial charge in [0.1, 0.15) is 0 Å². The molecule has 1 nitrogen and oxygen atoms in total. The second-order valence-corrected chi connectivity index (χ2v) is 7.12. The summed E-state index contributed by atoms with van der Waals surface area (Å²) in [6.45, 7) is 5.35. The fourth-order valence-electron chi connectivity index (χ4n) is 2.14. The maximum atomic E-state index is 6.48. The summed E-state index contributed by atoms with van der Waals surface area (Å²) in [7, 11) is 0. The first kappa shape index (κ1) is 16.0. The van der Waals surface area contributed by atoms with Crippen LogP contribution in [0.5, 0.6) is 0 Å². The molecule has 2 rings (SSSR count). The van der Waals surface area contributed by atoms with E-state index in [4.69, 9.17) is 11.6 Å². The van der Waals surface area contributed by atoms with E-state index in [1.165, 1.54) is 9.75 Å². The highest BCUT2D eigenvalue weighted by atomic mass is 79.9. The number of aryl methyl sites for hydroxylation is 1. The third-order valence-corrected chi connectivity index (χ3v) is 5.81. The van der Waals surface area contributed by atoms with Gasteiger partial charge in [0.15, 0.2) is 0 Å². The molecule has 1 unspecified atom stereocenters. The molecule has 1 heterocycles. The molecule has 2 aromatic rings. The van der Waals surface area contributed by atoms with Gasteiger partial charge in [-0.05, 0) is 59.1 Å². The Kier molecular flexibility index (Phi) is 6.09. The maximum absolute atomic E-state index is 6.48. The second-order valence-electron chi connectivity index (χ2n) is 4.69. The Labute approximate surface area is 138 Å². The van der Waals surface area contributed by atoms with Gasteiger partial charge in [0.25, 0.3) is 0 Å². The third kappa shape index (κ3) is 3.64. The van der Waals surface area contributed by atoms with Gasteiger partial charge in [-0.15, -0.1) is 11.3 Å². The van der Waals surface area contributed by atoms with Gasteiger partial charge in [-0.25, -0.2) is 0 Å². The van der Waals surface area contributed by atoms with E-state index in [0.29, 0.717) is 0 Å². The lowest BCUT2D eigenvalue weighted by atomic mass is 10.1. The van der Waals surface area contributed by atoms with Crippen molar-refractivity contribution in [3.8, 4) is 0 Å². The molecule has 1 aromatic carbocycles. The van der Waals surface area contributed by atoms with E-state index in [0.717, 1.165) is 34.4 Å². The van der Waals surface area contributed by atoms with Gasteiger partial charge in [0.2, 0.25) is 0 Å². The molecule has 0 saturated heterocycles. The molecule has 0 saturated carbocycles. The zero-order valence-electron chi connectivity index (χ0n) is 11.7. The molecule has 0 aliphatic rings. The molecule has 0 aliphatic heterocycles. The first-order valence-corrected chi connectivity index (χ1v) is 8.92. The Morgan fingerprint density at radius 3 is 2.70 bits per heavy atom. The van der Waals surface area contributed by atoms with Crippen molar-refractivity contribution in [3.63, 3.8) is 0 Å². The summed E-state index contributed by atoms with van der Waals surface area (Å²) in [6, 6.07) is 10.7. The Balaban J connectivity index is 2.38. The summed E-state index contributed by atoms with van der Waals surface area (Å²) < 4.78 is 0.951. The van der Waals surface area contributed by atoms with Crippen molar-refractivity contribution in [1.82, 2.24) is 5.32 Å². The number of halogens is 2. The first-order valence-electron chi connectivity index (χ1n) is 6.93. The van der Waals surface area contributed by atoms with E-state index in [1.54, 1.807) is 0 Å². The van der Waals surface area contributed by atoms with Crippen molar-refractivity contribution in [1.29, 1.82) is 0 Å². The topological polar surface area (TPSA) is 12.0 Å². The van der Waals surface area contributed by atoms with E-state index >= 15 is 0 Å². The van der Waals surface area contributed by atoms with Crippen molar-refractivity contribution in [2.45, 2.75) is 32.7 Å². The smallest absolute Gasteiger partial charge is 0.0686 e. The average Bonchev–Trinajstić information content (AvgIpc) is 2.92. The molecule has 0 spiro atoms. The Hall–Kier alpha value is -0.350. The Morgan fingerprint density at radius 2 is 2.05 bits per heavy atom. The van der Waals surface area contributed by atoms with Crippen LogP contribution in [-0.4, -0.2) is 6.54 Å². The fraction of sp³-hybridized carbons (Fsp3) is 0.375. The van der Waals surface area contributed by atoms with Crippen LogP contribution < -0.4 is 5.32 Å². The van der Waals surface area contributed by atoms with Crippen LogP contribution >= 0.6 is 38.9 Å². The third-order valence-electron chi connectivity index (χ3n) is 3.21. The molecule has 20 heavy (non-hydrogen) atoms. The van der Waals surface area contributed by atoms with Gasteiger partial charge in [-0.1, -0.05) is 37.6 Å². The lowest BCUT2D eigenvalue weighted by Crippen LogP contribution is -2.22. The van der Waals surface area contributed by atoms with Crippen LogP contribution in [0.15, 0.2) is 34.8 Å². The van der Waals surface area contributed by atoms with Crippen molar-refractivity contribution in [2.24, 2.45) is 0 Å². The number of hydrogen-bond donors (Lipinski definition) is 1. The van der Waals surface area contributed by atoms with Crippen molar-refractivity contribution in [3.05, 3.63) is 55.1 Å². The molecular weight excluding hydrogens is 354 g/mol. The largest absolute Gasteiger partial charge is 0.306 e. The van der Waals surface area contributed by atoms with Crippen molar-refractivity contribution in [2.75, 3.05) is 6.54 Å². The quantitative estimate of drug-likeness (QED) is 0.674. The van der Waals surface area contributed by atoms with E-state index in [9.17, 15) is 0 Å². The lowest BCUT2D eigenvalue weighted by molar-refractivity contribution is 0.606. The highest BCUT2D eigenvalue weighted by Crippen LogP contribution is 2.36. The van der Waals surface area contributed by atoms with E-state index < -0.39 is 0 Å². The molecular formula is C16H19BrClNS. The zero-order chi connectivity index (χ0) is 14.5. The molecule has 0 bridgehead atoms. The van der Waals surface area contributed by atoms with Gasteiger partial charge in [0.05, 0.1) is 11.1 Å². The molecule has 0 aliphatic carbocycles. The first-order chi connectivity index (χ1) is 9.67. The summed E-state index contributed by atoms with van der Waals surface area (Å²) in [4.78, 5) is 2.74. The van der Waals surface area contributed by atoms with Gasteiger partial charge in [-0.2, -0.15) is 0 Å². The van der Waals surface area contributed by atoms with Crippen LogP contribution in [0.25, 0.3) is 0 Å². The van der Waals surface area contributed by atoms with Crippen molar-refractivity contribution >= 4 is 38.9 Å². The molecule has 0 amide bonds. The number of nitrogens with one attached hydrogen (secondary N) is 1. The zero-order valence-corrected chi connectivity index (χ0v) is 14.9. The SMILES string of the molecule is CCCNC(c1ccc(CC)s1)c1cccc(Br)c1Cl. The van der Waals surface area contributed by atoms with Crippen LogP contribution in [-0.2, 0) is 6.42 Å². The molecule has 4 heteroatoms. The average molecular weight is 373 g/mol. The molecule has 1 atom stereocenters. The minimum atomic E-state index is 0.172. The fourth-order valence-corrected chi connectivity index (χ4v) is 3.80. The standard InChI is InChI=1S/C16H19BrClNS/c1-3-10-19-16(14-9-8-11(4-2)20-14)12-6-5-7-13(17)15(12)18/h5-9,16,19H,3-4,10H2,1-2H3. The predicted molar refractivity (Wildman–Crippen MR) is 93.0 cm³/mol. The summed E-state index contributed by atoms with van der Waals surface area (Å²) in [5, 5.41) is 4.41. The van der Waals surface area contributed by atoms with Crippen LogP contribution in [0.4, 0.5) is 0 Å². The number of rotatable bonds is 6. The van der Waals surface area contributed by atoms with Crippen LogP contribution in [0, 0.1) is 0 Å². The molecule has 1 N–H and O–H groups in total. The Morgan fingerprint density at radius 1 is 1.25 bits per heavy atom. The number of benzene rings is 1. The second kappa shape index (κ2) is 7.60. The highest BCUT2D eigenvalue weighted by Gasteiger charge is 2.19. The van der Waals surface area contributed by atoms with Crippen molar-refractivity contribution < 1.29 is 0 Å². The summed E-state index contributed by atoms with van der Waals surface area (Å²) in [5.74, 6) is 0. The molecule has 0 radical (unpaired) electrons. The van der Waals surface area contributed by atoms with Gasteiger partial charge in [-0.3, -0.25) is 0 Å². The van der Waals surface area contributed by atoms with E-state index in [2.05, 4.69) is 53.3 Å². The van der Waals surface area contributed by atoms with Gasteiger partial charge < -0.3 is 5.32 Å². The minimum absolute atomic E-state index is 0.172. The predicted octanol–water partition coefficient (Wildman–Crippen LogP) is 5.82. The summed E-state index contributed by atoms with van der Waals surface area (Å²) >= 11 is 11.9. The number of thiophene rings is 1. The summed E-state index contributed by atoms with van der Waals surface area (Å²) in [6.07, 6.45) is 2.19.